The molecule has 0 aliphatic carbocycles. The van der Waals surface area contributed by atoms with E-state index in [-0.39, 0.29) is 20.8 Å². The Morgan fingerprint density at radius 2 is 1.91 bits per heavy atom. The lowest BCUT2D eigenvalue weighted by Gasteiger charge is -2.08. The number of hydrogen-bond donors (Lipinski definition) is 1. The summed E-state index contributed by atoms with van der Waals surface area (Å²) < 4.78 is 42.0. The van der Waals surface area contributed by atoms with E-state index < -0.39 is 26.5 Å². The molecule has 10 heteroatoms. The van der Waals surface area contributed by atoms with E-state index in [0.29, 0.717) is 0 Å². The fourth-order valence-electron chi connectivity index (χ4n) is 1.54. The van der Waals surface area contributed by atoms with Crippen molar-refractivity contribution < 1.29 is 21.9 Å². The second kappa shape index (κ2) is 5.89. The molecule has 7 nitrogen and oxygen atoms in total. The third kappa shape index (κ3) is 3.34. The summed E-state index contributed by atoms with van der Waals surface area (Å²) in [5, 5.41) is 10.8. The molecule has 0 fully saturated rings. The number of nitrogens with zero attached hydrogens (tertiary/aromatic N) is 1. The minimum atomic E-state index is -4.27. The van der Waals surface area contributed by atoms with Crippen molar-refractivity contribution in [1.29, 1.82) is 0 Å². The van der Waals surface area contributed by atoms with Crippen molar-refractivity contribution in [2.75, 3.05) is 5.73 Å². The molecular weight excluding hydrogens is 383 g/mol. The summed E-state index contributed by atoms with van der Waals surface area (Å²) in [5.74, 6) is -0.914. The lowest BCUT2D eigenvalue weighted by Crippen LogP contribution is -2.10. The fraction of sp³-hybridized carbons (Fsp3) is 0. The zero-order valence-electron chi connectivity index (χ0n) is 10.7. The van der Waals surface area contributed by atoms with Crippen LogP contribution in [0, 0.1) is 15.9 Å². The van der Waals surface area contributed by atoms with Crippen LogP contribution >= 0.6 is 15.9 Å². The number of halogens is 2. The zero-order chi connectivity index (χ0) is 16.5. The molecular formula is C12H8BrFN2O5S. The van der Waals surface area contributed by atoms with Crippen molar-refractivity contribution in [2.24, 2.45) is 0 Å². The summed E-state index contributed by atoms with van der Waals surface area (Å²) in [5.41, 5.74) is 4.80. The normalized spacial score (nSPS) is 11.2. The van der Waals surface area contributed by atoms with Gasteiger partial charge in [-0.25, -0.2) is 4.39 Å². The Morgan fingerprint density at radius 3 is 2.50 bits per heavy atom. The highest BCUT2D eigenvalue weighted by Gasteiger charge is 2.20. The summed E-state index contributed by atoms with van der Waals surface area (Å²) in [7, 11) is -4.27. The van der Waals surface area contributed by atoms with Gasteiger partial charge in [-0.3, -0.25) is 10.1 Å². The van der Waals surface area contributed by atoms with E-state index in [9.17, 15) is 22.9 Å². The molecule has 0 unspecified atom stereocenters. The summed E-state index contributed by atoms with van der Waals surface area (Å²) >= 11 is 2.86. The second-order valence-corrected chi connectivity index (χ2v) is 6.49. The van der Waals surface area contributed by atoms with Crippen LogP contribution < -0.4 is 9.92 Å². The van der Waals surface area contributed by atoms with Crippen molar-refractivity contribution in [3.8, 4) is 5.75 Å². The minimum Gasteiger partial charge on any atom is -0.393 e. The Labute approximate surface area is 132 Å². The van der Waals surface area contributed by atoms with Crippen LogP contribution in [0.25, 0.3) is 0 Å². The Bertz CT molecular complexity index is 857. The van der Waals surface area contributed by atoms with Gasteiger partial charge in [-0.15, -0.1) is 0 Å². The largest absolute Gasteiger partial charge is 0.393 e. The van der Waals surface area contributed by atoms with Gasteiger partial charge in [-0.2, -0.15) is 8.42 Å². The van der Waals surface area contributed by atoms with Crippen LogP contribution in [-0.2, 0) is 10.1 Å². The van der Waals surface area contributed by atoms with Gasteiger partial charge in [0.25, 0.3) is 5.69 Å². The van der Waals surface area contributed by atoms with Gasteiger partial charge in [0.05, 0.1) is 15.5 Å². The van der Waals surface area contributed by atoms with Crippen LogP contribution in [0.5, 0.6) is 5.75 Å². The number of nitro groups is 1. The maximum atomic E-state index is 13.1. The summed E-state index contributed by atoms with van der Waals surface area (Å²) in [6.45, 7) is 0. The van der Waals surface area contributed by atoms with E-state index in [1.807, 2.05) is 0 Å². The van der Waals surface area contributed by atoms with E-state index in [1.165, 1.54) is 6.07 Å². The van der Waals surface area contributed by atoms with Crippen molar-refractivity contribution in [1.82, 2.24) is 0 Å². The van der Waals surface area contributed by atoms with Crippen LogP contribution in [0.15, 0.2) is 45.8 Å². The quantitative estimate of drug-likeness (QED) is 0.371. The summed E-state index contributed by atoms with van der Waals surface area (Å²) in [6.07, 6.45) is 0. The van der Waals surface area contributed by atoms with Crippen LogP contribution in [0.1, 0.15) is 0 Å². The smallest absolute Gasteiger partial charge is 0.339 e. The summed E-state index contributed by atoms with van der Waals surface area (Å²) in [6, 6.07) is 6.22. The van der Waals surface area contributed by atoms with E-state index in [2.05, 4.69) is 15.9 Å². The number of anilines is 1. The highest BCUT2D eigenvalue weighted by atomic mass is 79.9. The Morgan fingerprint density at radius 1 is 1.23 bits per heavy atom. The molecule has 0 aliphatic heterocycles. The predicted octanol–water partition coefficient (Wildman–Crippen LogP) is 2.85. The van der Waals surface area contributed by atoms with Crippen molar-refractivity contribution in [3.05, 3.63) is 56.8 Å². The monoisotopic (exact) mass is 390 g/mol. The standard InChI is InChI=1S/C12H8BrFN2O5S/c13-9-6-8(2-3-10(9)14)22(19,20)21-7-1-4-11(15)12(5-7)16(17)18/h1-6H,15H2. The van der Waals surface area contributed by atoms with Crippen molar-refractivity contribution >= 4 is 37.4 Å². The number of nitro benzene ring substituents is 1. The second-order valence-electron chi connectivity index (χ2n) is 4.09. The zero-order valence-corrected chi connectivity index (χ0v) is 13.1. The molecule has 2 aromatic rings. The number of nitrogen functional groups attached to an aromatic ring is 1. The molecule has 0 saturated carbocycles. The molecule has 0 spiro atoms. The van der Waals surface area contributed by atoms with Crippen molar-refractivity contribution in [3.63, 3.8) is 0 Å². The molecule has 2 aromatic carbocycles. The average molecular weight is 391 g/mol. The Balaban J connectivity index is 2.38. The van der Waals surface area contributed by atoms with Gasteiger partial charge in [0.15, 0.2) is 0 Å². The Hall–Kier alpha value is -2.20. The highest BCUT2D eigenvalue weighted by Crippen LogP contribution is 2.29. The molecule has 0 aromatic heterocycles. The molecule has 0 radical (unpaired) electrons. The van der Waals surface area contributed by atoms with Gasteiger partial charge in [0.2, 0.25) is 0 Å². The molecule has 2 N–H and O–H groups in total. The molecule has 22 heavy (non-hydrogen) atoms. The molecule has 0 amide bonds. The first-order valence-electron chi connectivity index (χ1n) is 5.64. The lowest BCUT2D eigenvalue weighted by molar-refractivity contribution is -0.383. The van der Waals surface area contributed by atoms with E-state index in [1.54, 1.807) is 0 Å². The first-order valence-corrected chi connectivity index (χ1v) is 7.84. The molecule has 0 heterocycles. The third-order valence-electron chi connectivity index (χ3n) is 2.58. The molecule has 0 saturated heterocycles. The first kappa shape index (κ1) is 16.2. The van der Waals surface area contributed by atoms with E-state index in [4.69, 9.17) is 9.92 Å². The minimum absolute atomic E-state index is 0.0551. The number of hydrogen-bond acceptors (Lipinski definition) is 6. The first-order chi connectivity index (χ1) is 10.2. The lowest BCUT2D eigenvalue weighted by atomic mass is 10.2. The predicted molar refractivity (Wildman–Crippen MR) is 79.4 cm³/mol. The van der Waals surface area contributed by atoms with Crippen LogP contribution in [0.4, 0.5) is 15.8 Å². The average Bonchev–Trinajstić information content (AvgIpc) is 2.43. The van der Waals surface area contributed by atoms with Crippen LogP contribution in [0.3, 0.4) is 0 Å². The van der Waals surface area contributed by atoms with Gasteiger partial charge in [0.1, 0.15) is 22.1 Å². The fourth-order valence-corrected chi connectivity index (χ4v) is 3.02. The van der Waals surface area contributed by atoms with Gasteiger partial charge in [-0.05, 0) is 46.3 Å². The third-order valence-corrected chi connectivity index (χ3v) is 4.44. The van der Waals surface area contributed by atoms with Gasteiger partial charge in [-0.1, -0.05) is 0 Å². The number of nitrogens with two attached hydrogens (primary N) is 1. The van der Waals surface area contributed by atoms with Crippen LogP contribution in [-0.4, -0.2) is 13.3 Å². The highest BCUT2D eigenvalue weighted by molar-refractivity contribution is 9.10. The number of rotatable bonds is 4. The number of benzene rings is 2. The topological polar surface area (TPSA) is 113 Å². The maximum absolute atomic E-state index is 13.1. The summed E-state index contributed by atoms with van der Waals surface area (Å²) in [4.78, 5) is 9.70. The molecule has 0 bridgehead atoms. The molecule has 0 aliphatic rings. The molecule has 0 atom stereocenters. The van der Waals surface area contributed by atoms with Crippen molar-refractivity contribution in [2.45, 2.75) is 4.90 Å². The van der Waals surface area contributed by atoms with Gasteiger partial charge < -0.3 is 9.92 Å². The van der Waals surface area contributed by atoms with E-state index >= 15 is 0 Å². The SMILES string of the molecule is Nc1ccc(OS(=O)(=O)c2ccc(F)c(Br)c2)cc1[N+](=O)[O-]. The van der Waals surface area contributed by atoms with Gasteiger partial charge >= 0.3 is 10.1 Å². The van der Waals surface area contributed by atoms with Gasteiger partial charge in [0, 0.05) is 0 Å². The molecule has 116 valence electrons. The maximum Gasteiger partial charge on any atom is 0.339 e. The molecule has 2 rings (SSSR count). The van der Waals surface area contributed by atoms with Crippen LogP contribution in [0.2, 0.25) is 0 Å². The Kier molecular flexibility index (Phi) is 4.33. The van der Waals surface area contributed by atoms with E-state index in [0.717, 1.165) is 30.3 Å².